The largest absolute Gasteiger partial charge is 0.490 e. The zero-order valence-corrected chi connectivity index (χ0v) is 36.1. The van der Waals surface area contributed by atoms with Gasteiger partial charge in [0, 0.05) is 62.3 Å². The average Bonchev–Trinajstić information content (AvgIpc) is 3.30. The van der Waals surface area contributed by atoms with Crippen molar-refractivity contribution in [2.45, 2.75) is 88.2 Å². The van der Waals surface area contributed by atoms with Gasteiger partial charge in [-0.3, -0.25) is 14.9 Å². The summed E-state index contributed by atoms with van der Waals surface area (Å²) in [5, 5.41) is 45.7. The van der Waals surface area contributed by atoms with Crippen LogP contribution >= 0.6 is 0 Å². The molecule has 2 aromatic rings. The molecule has 0 radical (unpaired) electrons. The van der Waals surface area contributed by atoms with Crippen molar-refractivity contribution in [3.63, 3.8) is 0 Å². The van der Waals surface area contributed by atoms with Crippen molar-refractivity contribution in [2.75, 3.05) is 59.4 Å². The Bertz CT molecular complexity index is 1930. The van der Waals surface area contributed by atoms with E-state index in [0.717, 1.165) is 49.7 Å². The third-order valence-corrected chi connectivity index (χ3v) is 12.3. The predicted octanol–water partition coefficient (Wildman–Crippen LogP) is 6.87. The molecule has 2 aliphatic heterocycles. The van der Waals surface area contributed by atoms with E-state index in [1.807, 2.05) is 18.2 Å². The fourth-order valence-corrected chi connectivity index (χ4v) is 9.53. The maximum atomic E-state index is 14.9. The molecule has 0 aromatic heterocycles. The van der Waals surface area contributed by atoms with Crippen LogP contribution in [0, 0.1) is 27.9 Å². The van der Waals surface area contributed by atoms with Crippen LogP contribution in [0.3, 0.4) is 0 Å². The van der Waals surface area contributed by atoms with E-state index in [4.69, 9.17) is 33.7 Å². The van der Waals surface area contributed by atoms with Gasteiger partial charge in [0.15, 0.2) is 0 Å². The van der Waals surface area contributed by atoms with E-state index in [0.29, 0.717) is 55.3 Å². The number of rotatable bonds is 25. The molecule has 1 amide bonds. The number of non-ortho nitro benzene ring substituents is 1. The number of fused-ring (bicyclic) bond motifs is 2. The molecular formula is C48H63N3O12. The second-order valence-electron chi connectivity index (χ2n) is 16.3. The Morgan fingerprint density at radius 2 is 1.76 bits per heavy atom. The van der Waals surface area contributed by atoms with Crippen molar-refractivity contribution in [2.24, 2.45) is 22.9 Å². The second kappa shape index (κ2) is 23.7. The van der Waals surface area contributed by atoms with Crippen molar-refractivity contribution in [3.05, 3.63) is 107 Å². The Morgan fingerprint density at radius 3 is 2.46 bits per heavy atom. The number of amides is 1. The van der Waals surface area contributed by atoms with E-state index in [-0.39, 0.29) is 76.0 Å². The van der Waals surface area contributed by atoms with Gasteiger partial charge in [-0.15, -0.1) is 6.58 Å². The molecule has 63 heavy (non-hydrogen) atoms. The van der Waals surface area contributed by atoms with Gasteiger partial charge in [0.25, 0.3) is 5.69 Å². The van der Waals surface area contributed by atoms with Gasteiger partial charge in [0.2, 0.25) is 18.0 Å². The van der Waals surface area contributed by atoms with Crippen molar-refractivity contribution < 1.29 is 53.6 Å². The first-order chi connectivity index (χ1) is 30.8. The molecule has 0 spiro atoms. The van der Waals surface area contributed by atoms with E-state index >= 15 is 0 Å². The monoisotopic (exact) mass is 873 g/mol. The number of hydrogen-bond donors (Lipinski definition) is 3. The number of unbranched alkanes of at least 4 members (excludes halogenated alkanes) is 2. The molecule has 4 aliphatic rings. The van der Waals surface area contributed by atoms with Crippen molar-refractivity contribution in [1.82, 2.24) is 4.90 Å². The SMILES string of the molecule is C=CCOc1ccc2c(c1)[C@H]1[C@H](CCCCO)[C@@H](CCCCO)C=C3C(=NOC4CCCCO4)C[C@H](N(CCOCCO)C(=O)C=Cc4ccc([N+](=O)[O-])cc4)[C@@](OCC=C)(O2)[C@H]31. The molecule has 1 saturated heterocycles. The molecule has 2 fully saturated rings. The first-order valence-electron chi connectivity index (χ1n) is 22.3. The summed E-state index contributed by atoms with van der Waals surface area (Å²) in [4.78, 5) is 33.6. The molecule has 2 heterocycles. The Hall–Kier alpha value is -4.90. The summed E-state index contributed by atoms with van der Waals surface area (Å²) >= 11 is 0. The number of carbonyl (C=O) groups excluding carboxylic acids is 1. The molecular weight excluding hydrogens is 811 g/mol. The third kappa shape index (κ3) is 11.6. The molecule has 6 rings (SSSR count). The Balaban J connectivity index is 1.56. The number of nitro benzene ring substituents is 1. The highest BCUT2D eigenvalue weighted by molar-refractivity contribution is 6.03. The lowest BCUT2D eigenvalue weighted by Crippen LogP contribution is -2.70. The van der Waals surface area contributed by atoms with Gasteiger partial charge in [-0.05, 0) is 97.9 Å². The minimum absolute atomic E-state index is 0.00896. The minimum atomic E-state index is -1.51. The number of allylic oxidation sites excluding steroid dienone is 1. The Kier molecular flexibility index (Phi) is 17.9. The van der Waals surface area contributed by atoms with E-state index in [9.17, 15) is 30.2 Å². The lowest BCUT2D eigenvalue weighted by Gasteiger charge is -2.60. The van der Waals surface area contributed by atoms with Crippen LogP contribution in [-0.4, -0.2) is 114 Å². The Labute approximate surface area is 369 Å². The number of hydrogen-bond acceptors (Lipinski definition) is 13. The summed E-state index contributed by atoms with van der Waals surface area (Å²) in [6.07, 6.45) is 15.2. The molecule has 15 heteroatoms. The van der Waals surface area contributed by atoms with E-state index in [1.54, 1.807) is 35.3 Å². The summed E-state index contributed by atoms with van der Waals surface area (Å²) in [6, 6.07) is 10.9. The van der Waals surface area contributed by atoms with E-state index in [1.165, 1.54) is 18.2 Å². The Morgan fingerprint density at radius 1 is 0.984 bits per heavy atom. The maximum absolute atomic E-state index is 14.9. The minimum Gasteiger partial charge on any atom is -0.490 e. The van der Waals surface area contributed by atoms with Gasteiger partial charge in [0.05, 0.1) is 49.6 Å². The molecule has 1 unspecified atom stereocenters. The molecule has 15 nitrogen and oxygen atoms in total. The van der Waals surface area contributed by atoms with Crippen molar-refractivity contribution in [3.8, 4) is 11.5 Å². The summed E-state index contributed by atoms with van der Waals surface area (Å²) in [6.45, 7) is 8.96. The van der Waals surface area contributed by atoms with Gasteiger partial charge < -0.3 is 48.7 Å². The number of nitrogens with zero attached hydrogens (tertiary/aromatic N) is 3. The third-order valence-electron chi connectivity index (χ3n) is 12.3. The van der Waals surface area contributed by atoms with Gasteiger partial charge in [-0.1, -0.05) is 42.8 Å². The van der Waals surface area contributed by atoms with Crippen LogP contribution in [0.25, 0.3) is 6.08 Å². The number of benzene rings is 2. The molecule has 7 atom stereocenters. The van der Waals surface area contributed by atoms with Crippen LogP contribution in [0.5, 0.6) is 11.5 Å². The highest BCUT2D eigenvalue weighted by atomic mass is 16.8. The quantitative estimate of drug-likeness (QED) is 0.0309. The van der Waals surface area contributed by atoms with Crippen LogP contribution in [0.1, 0.15) is 81.3 Å². The van der Waals surface area contributed by atoms with Crippen molar-refractivity contribution in [1.29, 1.82) is 0 Å². The maximum Gasteiger partial charge on any atom is 0.269 e. The first-order valence-corrected chi connectivity index (χ1v) is 22.3. The van der Waals surface area contributed by atoms with Gasteiger partial charge in [-0.25, -0.2) is 0 Å². The molecule has 0 bridgehead atoms. The topological polar surface area (TPSA) is 192 Å². The second-order valence-corrected chi connectivity index (χ2v) is 16.3. The molecule has 2 aliphatic carbocycles. The standard InChI is InChI=1S/C48H63N3O12/c1-3-26-59-37-19-20-42-40(32-37)46-38(12-6-9-24-53)35(11-5-8-23-52)31-39-41(49-63-45-13-7-10-28-60-45)33-43(48(62-42,47(39)46)61-27-4-2)50(22-29-58-30-25-54)44(55)21-16-34-14-17-36(18-15-34)51(56)57/h3-4,14-21,31-32,35,38,43,45-47,52-54H,1-2,5-13,22-30,33H2/t35-,38+,43-,45?,46+,47+,48+/m0/s1. The normalized spacial score (nSPS) is 25.6. The average molecular weight is 874 g/mol. The zero-order valence-electron chi connectivity index (χ0n) is 36.1. The van der Waals surface area contributed by atoms with Gasteiger partial charge in [0.1, 0.15) is 24.1 Å². The van der Waals surface area contributed by atoms with Crippen LogP contribution in [0.15, 0.2) is 90.7 Å². The zero-order chi connectivity index (χ0) is 44.6. The van der Waals surface area contributed by atoms with Crippen LogP contribution in [0.2, 0.25) is 0 Å². The number of ether oxygens (including phenoxy) is 5. The van der Waals surface area contributed by atoms with Gasteiger partial charge >= 0.3 is 0 Å². The number of oxime groups is 1. The van der Waals surface area contributed by atoms with Crippen molar-refractivity contribution >= 4 is 23.4 Å². The van der Waals surface area contributed by atoms with Gasteiger partial charge in [-0.2, -0.15) is 0 Å². The molecule has 1 saturated carbocycles. The number of carbonyl (C=O) groups is 1. The fraction of sp³-hybridized carbons (Fsp3) is 0.542. The van der Waals surface area contributed by atoms with Crippen LogP contribution < -0.4 is 9.47 Å². The van der Waals surface area contributed by atoms with Crippen LogP contribution in [-0.2, 0) is 23.8 Å². The number of aliphatic hydroxyl groups is 3. The molecule has 2 aromatic carbocycles. The van der Waals surface area contributed by atoms with Crippen LogP contribution in [0.4, 0.5) is 5.69 Å². The lowest BCUT2D eigenvalue weighted by molar-refractivity contribution is -0.384. The summed E-state index contributed by atoms with van der Waals surface area (Å²) in [5.41, 5.74) is 2.95. The lowest BCUT2D eigenvalue weighted by atomic mass is 9.55. The van der Waals surface area contributed by atoms with E-state index in [2.05, 4.69) is 19.2 Å². The molecule has 342 valence electrons. The molecule has 3 N–H and O–H groups in total. The van der Waals surface area contributed by atoms with E-state index < -0.39 is 34.9 Å². The predicted molar refractivity (Wildman–Crippen MR) is 237 cm³/mol. The number of nitro groups is 1. The summed E-state index contributed by atoms with van der Waals surface area (Å²) in [7, 11) is 0. The summed E-state index contributed by atoms with van der Waals surface area (Å²) in [5.74, 6) is -1.45. The first kappa shape index (κ1) is 47.6. The fourth-order valence-electron chi connectivity index (χ4n) is 9.53. The highest BCUT2D eigenvalue weighted by Gasteiger charge is 2.65. The smallest absolute Gasteiger partial charge is 0.269 e. The summed E-state index contributed by atoms with van der Waals surface area (Å²) < 4.78 is 32.2. The number of aliphatic hydroxyl groups excluding tert-OH is 3. The highest BCUT2D eigenvalue weighted by Crippen LogP contribution is 2.62.